The van der Waals surface area contributed by atoms with Gasteiger partial charge in [-0.3, -0.25) is 19.1 Å². The number of fused-ring (bicyclic) bond motifs is 1. The van der Waals surface area contributed by atoms with Crippen LogP contribution in [0, 0.1) is 0 Å². The van der Waals surface area contributed by atoms with E-state index in [1.165, 1.54) is 4.90 Å². The number of likely N-dealkylation sites (tertiary alicyclic amines) is 1. The zero-order chi connectivity index (χ0) is 30.7. The molecule has 2 aliphatic rings. The summed E-state index contributed by atoms with van der Waals surface area (Å²) in [6, 6.07) is 13.0. The number of aryl methyl sites for hydroxylation is 1. The molecule has 0 bridgehead atoms. The first-order chi connectivity index (χ1) is 20.5. The highest BCUT2D eigenvalue weighted by atomic mass is 16.6. The Bertz CT molecular complexity index is 1480. The number of morpholine rings is 1. The van der Waals surface area contributed by atoms with Crippen LogP contribution in [0.5, 0.6) is 17.5 Å². The Kier molecular flexibility index (Phi) is 8.77. The molecule has 43 heavy (non-hydrogen) atoms. The van der Waals surface area contributed by atoms with Gasteiger partial charge in [0.2, 0.25) is 5.91 Å². The molecule has 0 saturated carbocycles. The number of amides is 3. The summed E-state index contributed by atoms with van der Waals surface area (Å²) in [5.74, 6) is 0.614. The Morgan fingerprint density at radius 3 is 2.60 bits per heavy atom. The predicted molar refractivity (Wildman–Crippen MR) is 156 cm³/mol. The van der Waals surface area contributed by atoms with Crippen LogP contribution in [0.15, 0.2) is 42.5 Å². The Labute approximate surface area is 250 Å². The Morgan fingerprint density at radius 1 is 1.12 bits per heavy atom. The average Bonchev–Trinajstić information content (AvgIpc) is 3.30. The van der Waals surface area contributed by atoms with Gasteiger partial charge in [-0.1, -0.05) is 18.2 Å². The predicted octanol–water partition coefficient (Wildman–Crippen LogP) is 3.69. The number of methoxy groups -OCH3 is 1. The van der Waals surface area contributed by atoms with E-state index in [9.17, 15) is 14.4 Å². The molecular weight excluding hydrogens is 556 g/mol. The maximum absolute atomic E-state index is 13.3. The van der Waals surface area contributed by atoms with Crippen molar-refractivity contribution in [2.45, 2.75) is 58.0 Å². The van der Waals surface area contributed by atoms with Crippen LogP contribution >= 0.6 is 0 Å². The number of carbonyl (C=O) groups is 3. The van der Waals surface area contributed by atoms with E-state index in [1.807, 2.05) is 51.1 Å². The number of hydrogen-bond donors (Lipinski definition) is 0. The van der Waals surface area contributed by atoms with E-state index >= 15 is 0 Å². The highest BCUT2D eigenvalue weighted by molar-refractivity contribution is 6.00. The lowest BCUT2D eigenvalue weighted by molar-refractivity contribution is -0.155. The molecule has 12 heteroatoms. The molecule has 2 saturated heterocycles. The van der Waals surface area contributed by atoms with Gasteiger partial charge in [0.15, 0.2) is 6.10 Å². The third-order valence-corrected chi connectivity index (χ3v) is 7.24. The van der Waals surface area contributed by atoms with Crippen LogP contribution in [0.4, 0.5) is 4.79 Å². The molecule has 3 aromatic rings. The number of piperidine rings is 1. The number of hydrogen-bond acceptors (Lipinski definition) is 9. The second kappa shape index (κ2) is 12.5. The van der Waals surface area contributed by atoms with Gasteiger partial charge in [-0.15, -0.1) is 0 Å². The normalized spacial score (nSPS) is 19.5. The van der Waals surface area contributed by atoms with E-state index < -0.39 is 17.6 Å². The van der Waals surface area contributed by atoms with Gasteiger partial charge in [-0.25, -0.2) is 4.79 Å². The summed E-state index contributed by atoms with van der Waals surface area (Å²) >= 11 is 0. The molecule has 2 aliphatic heterocycles. The topological polar surface area (TPSA) is 122 Å². The van der Waals surface area contributed by atoms with E-state index in [0.29, 0.717) is 42.2 Å². The van der Waals surface area contributed by atoms with Gasteiger partial charge in [-0.2, -0.15) is 4.98 Å². The maximum Gasteiger partial charge on any atom is 0.410 e. The van der Waals surface area contributed by atoms with E-state index in [-0.39, 0.29) is 50.1 Å². The number of rotatable bonds is 8. The lowest BCUT2D eigenvalue weighted by atomic mass is 10.1. The summed E-state index contributed by atoms with van der Waals surface area (Å²) in [6.45, 7) is 7.04. The first-order valence-electron chi connectivity index (χ1n) is 14.3. The highest BCUT2D eigenvalue weighted by Crippen LogP contribution is 2.31. The first kappa shape index (κ1) is 30.1. The second-order valence-corrected chi connectivity index (χ2v) is 11.6. The van der Waals surface area contributed by atoms with Crippen LogP contribution in [-0.4, -0.2) is 88.5 Å². The number of ether oxygens (including phenoxy) is 5. The summed E-state index contributed by atoms with van der Waals surface area (Å²) in [6.07, 6.45) is -1.12. The molecule has 0 spiro atoms. The van der Waals surface area contributed by atoms with Gasteiger partial charge in [0.05, 0.1) is 32.3 Å². The summed E-state index contributed by atoms with van der Waals surface area (Å²) in [5, 5.41) is 0. The molecule has 0 unspecified atom stereocenters. The van der Waals surface area contributed by atoms with E-state index in [0.717, 1.165) is 5.56 Å². The molecule has 0 radical (unpaired) electrons. The zero-order valence-electron chi connectivity index (χ0n) is 25.2. The van der Waals surface area contributed by atoms with E-state index in [2.05, 4.69) is 4.98 Å². The molecular formula is C31H38N4O8. The van der Waals surface area contributed by atoms with Gasteiger partial charge in [-0.05, 0) is 50.6 Å². The Hall–Kier alpha value is -4.32. The number of imide groups is 1. The molecule has 3 amide bonds. The molecule has 2 fully saturated rings. The monoisotopic (exact) mass is 594 g/mol. The minimum Gasteiger partial charge on any atom is -0.497 e. The molecule has 12 nitrogen and oxygen atoms in total. The molecule has 2 atom stereocenters. The van der Waals surface area contributed by atoms with Crippen molar-refractivity contribution in [2.24, 2.45) is 7.05 Å². The van der Waals surface area contributed by atoms with Gasteiger partial charge in [0, 0.05) is 26.4 Å². The van der Waals surface area contributed by atoms with Crippen molar-refractivity contribution in [2.75, 3.05) is 33.4 Å². The van der Waals surface area contributed by atoms with Gasteiger partial charge in [0.25, 0.3) is 11.9 Å². The van der Waals surface area contributed by atoms with E-state index in [1.54, 1.807) is 35.8 Å². The SMILES string of the molecule is COc1ccc(CN2C(=O)CC[C@@H](Oc3nc4cccc(OC[C@H]5CN(C(=O)OC(C)(C)C)CCO5)c4n3C)C2=O)cc1. The minimum absolute atomic E-state index is 0.149. The molecule has 5 rings (SSSR count). The van der Waals surface area contributed by atoms with Crippen LogP contribution in [0.2, 0.25) is 0 Å². The van der Waals surface area contributed by atoms with Crippen LogP contribution < -0.4 is 14.2 Å². The van der Waals surface area contributed by atoms with Gasteiger partial charge < -0.3 is 28.6 Å². The zero-order valence-corrected chi connectivity index (χ0v) is 25.2. The van der Waals surface area contributed by atoms with Crippen molar-refractivity contribution in [1.82, 2.24) is 19.4 Å². The second-order valence-electron chi connectivity index (χ2n) is 11.6. The molecule has 3 heterocycles. The quantitative estimate of drug-likeness (QED) is 0.360. The highest BCUT2D eigenvalue weighted by Gasteiger charge is 2.37. The lowest BCUT2D eigenvalue weighted by Gasteiger charge is -2.34. The van der Waals surface area contributed by atoms with Crippen molar-refractivity contribution in [3.8, 4) is 17.5 Å². The number of nitrogens with zero attached hydrogens (tertiary/aromatic N) is 4. The average molecular weight is 595 g/mol. The number of carbonyl (C=O) groups excluding carboxylic acids is 3. The van der Waals surface area contributed by atoms with Crippen LogP contribution in [0.3, 0.4) is 0 Å². The number of imidazole rings is 1. The fraction of sp³-hybridized carbons (Fsp3) is 0.484. The Morgan fingerprint density at radius 2 is 1.88 bits per heavy atom. The van der Waals surface area contributed by atoms with Crippen molar-refractivity contribution >= 4 is 28.9 Å². The third-order valence-electron chi connectivity index (χ3n) is 7.24. The van der Waals surface area contributed by atoms with Crippen LogP contribution in [0.25, 0.3) is 11.0 Å². The molecule has 1 aromatic heterocycles. The summed E-state index contributed by atoms with van der Waals surface area (Å²) in [4.78, 5) is 46.0. The third kappa shape index (κ3) is 7.02. The van der Waals surface area contributed by atoms with E-state index in [4.69, 9.17) is 23.7 Å². The lowest BCUT2D eigenvalue weighted by Crippen LogP contribution is -2.49. The number of para-hydroxylation sites is 1. The number of aromatic nitrogens is 2. The van der Waals surface area contributed by atoms with Crippen LogP contribution in [-0.2, 0) is 32.7 Å². The Balaban J connectivity index is 1.25. The van der Waals surface area contributed by atoms with Crippen molar-refractivity contribution < 1.29 is 38.1 Å². The molecule has 230 valence electrons. The summed E-state index contributed by atoms with van der Waals surface area (Å²) in [5.41, 5.74) is 1.54. The van der Waals surface area contributed by atoms with Crippen molar-refractivity contribution in [3.63, 3.8) is 0 Å². The minimum atomic E-state index is -0.856. The molecule has 2 aromatic carbocycles. The first-order valence-corrected chi connectivity index (χ1v) is 14.3. The summed E-state index contributed by atoms with van der Waals surface area (Å²) < 4.78 is 30.5. The molecule has 0 aliphatic carbocycles. The maximum atomic E-state index is 13.3. The fourth-order valence-corrected chi connectivity index (χ4v) is 5.05. The molecule has 0 N–H and O–H groups in total. The van der Waals surface area contributed by atoms with Crippen molar-refractivity contribution in [1.29, 1.82) is 0 Å². The fourth-order valence-electron chi connectivity index (χ4n) is 5.05. The largest absolute Gasteiger partial charge is 0.497 e. The van der Waals surface area contributed by atoms with Crippen molar-refractivity contribution in [3.05, 3.63) is 48.0 Å². The standard InChI is InChI=1S/C31H38N4O8/c1-31(2,3)43-30(38)34-15-16-40-22(18-34)19-41-24-8-6-7-23-27(24)33(4)29(32-23)42-25-13-14-26(36)35(28(25)37)17-20-9-11-21(39-5)12-10-20/h6-12,22,25H,13-19H2,1-5H3/t22-,25-/m1/s1. The number of benzene rings is 2. The van der Waals surface area contributed by atoms with Crippen LogP contribution in [0.1, 0.15) is 39.2 Å². The van der Waals surface area contributed by atoms with Gasteiger partial charge >= 0.3 is 6.09 Å². The van der Waals surface area contributed by atoms with Gasteiger partial charge in [0.1, 0.15) is 35.3 Å². The summed E-state index contributed by atoms with van der Waals surface area (Å²) in [7, 11) is 3.36. The smallest absolute Gasteiger partial charge is 0.410 e.